The molecule has 1 N–H and O–H groups in total. The van der Waals surface area contributed by atoms with Crippen LogP contribution in [0.2, 0.25) is 0 Å². The van der Waals surface area contributed by atoms with Gasteiger partial charge in [0.1, 0.15) is 23.8 Å². The maximum Gasteiger partial charge on any atom is 0.215 e. The van der Waals surface area contributed by atoms with Gasteiger partial charge in [0.15, 0.2) is 6.29 Å². The Morgan fingerprint density at radius 1 is 1.07 bits per heavy atom. The van der Waals surface area contributed by atoms with Gasteiger partial charge in [0.25, 0.3) is 0 Å². The summed E-state index contributed by atoms with van der Waals surface area (Å²) < 4.78 is 13.0. The number of nitrogens with one attached hydrogen (secondary N) is 1. The number of carbonyl (C=O) groups is 2. The molecule has 6 nitrogen and oxygen atoms in total. The second-order valence-corrected chi connectivity index (χ2v) is 6.62. The average molecular weight is 400 g/mol. The summed E-state index contributed by atoms with van der Waals surface area (Å²) in [6.07, 6.45) is 4.16. The van der Waals surface area contributed by atoms with E-state index in [0.717, 1.165) is 11.8 Å². The highest BCUT2D eigenvalue weighted by Gasteiger charge is 2.21. The van der Waals surface area contributed by atoms with Gasteiger partial charge in [-0.25, -0.2) is 0 Å². The van der Waals surface area contributed by atoms with E-state index in [-0.39, 0.29) is 5.78 Å². The van der Waals surface area contributed by atoms with E-state index in [0.29, 0.717) is 40.7 Å². The number of hydrogen-bond donors (Lipinski definition) is 1. The molecule has 2 aromatic heterocycles. The highest BCUT2D eigenvalue weighted by molar-refractivity contribution is 6.11. The lowest BCUT2D eigenvalue weighted by molar-refractivity contribution is 0.103. The molecule has 0 aliphatic heterocycles. The van der Waals surface area contributed by atoms with Crippen molar-refractivity contribution in [1.29, 1.82) is 0 Å². The van der Waals surface area contributed by atoms with E-state index in [1.54, 1.807) is 53.4 Å². The molecule has 0 aliphatic rings. The van der Waals surface area contributed by atoms with Crippen molar-refractivity contribution in [2.24, 2.45) is 0 Å². The molecule has 0 bridgehead atoms. The summed E-state index contributed by atoms with van der Waals surface area (Å²) in [7, 11) is 1.51. The first kappa shape index (κ1) is 19.3. The Kier molecular flexibility index (Phi) is 5.48. The highest BCUT2D eigenvalue weighted by atomic mass is 16.5. The molecule has 30 heavy (non-hydrogen) atoms. The molecular weight excluding hydrogens is 380 g/mol. The van der Waals surface area contributed by atoms with Crippen molar-refractivity contribution in [2.45, 2.75) is 6.61 Å². The number of aldehydes is 1. The monoisotopic (exact) mass is 400 g/mol. The lowest BCUT2D eigenvalue weighted by Crippen LogP contribution is -2.09. The minimum Gasteiger partial charge on any atom is -0.496 e. The van der Waals surface area contributed by atoms with E-state index in [9.17, 15) is 9.59 Å². The molecule has 0 amide bonds. The maximum absolute atomic E-state index is 13.2. The number of H-pyrrole nitrogens is 1. The van der Waals surface area contributed by atoms with Crippen LogP contribution in [0.15, 0.2) is 79.1 Å². The number of rotatable bonds is 8. The van der Waals surface area contributed by atoms with Crippen LogP contribution >= 0.6 is 0 Å². The van der Waals surface area contributed by atoms with Gasteiger partial charge >= 0.3 is 0 Å². The molecule has 0 unspecified atom stereocenters. The average Bonchev–Trinajstić information content (AvgIpc) is 3.46. The van der Waals surface area contributed by atoms with E-state index in [2.05, 4.69) is 4.98 Å². The van der Waals surface area contributed by atoms with Crippen molar-refractivity contribution in [2.75, 3.05) is 7.11 Å². The molecule has 0 fully saturated rings. The number of benzene rings is 2. The number of aromatic nitrogens is 2. The predicted molar refractivity (Wildman–Crippen MR) is 113 cm³/mol. The third-order valence-electron chi connectivity index (χ3n) is 4.78. The Balaban J connectivity index is 1.61. The zero-order valence-electron chi connectivity index (χ0n) is 16.4. The first-order valence-corrected chi connectivity index (χ1v) is 9.41. The van der Waals surface area contributed by atoms with Crippen LogP contribution in [0.5, 0.6) is 11.5 Å². The fraction of sp³-hybridized carbons (Fsp3) is 0.0833. The number of ketones is 1. The van der Waals surface area contributed by atoms with Crippen LogP contribution in [-0.2, 0) is 6.61 Å². The highest BCUT2D eigenvalue weighted by Crippen LogP contribution is 2.29. The van der Waals surface area contributed by atoms with Gasteiger partial charge < -0.3 is 19.0 Å². The first-order valence-electron chi connectivity index (χ1n) is 9.41. The number of ether oxygens (including phenoxy) is 2. The lowest BCUT2D eigenvalue weighted by Gasteiger charge is -2.12. The molecule has 0 saturated heterocycles. The van der Waals surface area contributed by atoms with Gasteiger partial charge in [-0.05, 0) is 35.9 Å². The van der Waals surface area contributed by atoms with Crippen LogP contribution in [-0.4, -0.2) is 28.7 Å². The van der Waals surface area contributed by atoms with Crippen LogP contribution in [0, 0.1) is 0 Å². The van der Waals surface area contributed by atoms with Crippen LogP contribution in [0.1, 0.15) is 32.1 Å². The molecule has 4 rings (SSSR count). The molecule has 0 radical (unpaired) electrons. The van der Waals surface area contributed by atoms with Gasteiger partial charge in [0, 0.05) is 18.5 Å². The van der Waals surface area contributed by atoms with Crippen molar-refractivity contribution < 1.29 is 19.1 Å². The SMILES string of the molecule is COc1cc(OCc2ccccc2)ccc1C(=O)c1[nH]ccc1-n1cccc1C=O. The van der Waals surface area contributed by atoms with Gasteiger partial charge in [0.2, 0.25) is 5.78 Å². The van der Waals surface area contributed by atoms with E-state index in [1.807, 2.05) is 30.3 Å². The van der Waals surface area contributed by atoms with Crippen molar-refractivity contribution >= 4 is 12.1 Å². The quantitative estimate of drug-likeness (QED) is 0.351. The van der Waals surface area contributed by atoms with Gasteiger partial charge in [-0.3, -0.25) is 9.59 Å². The maximum atomic E-state index is 13.2. The summed E-state index contributed by atoms with van der Waals surface area (Å²) >= 11 is 0. The molecule has 6 heteroatoms. The Labute approximate surface area is 173 Å². The van der Waals surface area contributed by atoms with Crippen LogP contribution in [0.25, 0.3) is 5.69 Å². The molecule has 0 atom stereocenters. The summed E-state index contributed by atoms with van der Waals surface area (Å²) in [5, 5.41) is 0. The van der Waals surface area contributed by atoms with Crippen LogP contribution in [0.4, 0.5) is 0 Å². The van der Waals surface area contributed by atoms with Gasteiger partial charge in [-0.2, -0.15) is 0 Å². The fourth-order valence-corrected chi connectivity index (χ4v) is 3.28. The minimum absolute atomic E-state index is 0.244. The molecule has 0 spiro atoms. The van der Waals surface area contributed by atoms with E-state index < -0.39 is 0 Å². The van der Waals surface area contributed by atoms with E-state index in [4.69, 9.17) is 9.47 Å². The predicted octanol–water partition coefficient (Wildman–Crippen LogP) is 4.44. The zero-order chi connectivity index (χ0) is 20.9. The lowest BCUT2D eigenvalue weighted by atomic mass is 10.1. The second kappa shape index (κ2) is 8.53. The molecule has 4 aromatic rings. The summed E-state index contributed by atoms with van der Waals surface area (Å²) in [6, 6.07) is 20.1. The second-order valence-electron chi connectivity index (χ2n) is 6.62. The van der Waals surface area contributed by atoms with Gasteiger partial charge in [-0.1, -0.05) is 30.3 Å². The Morgan fingerprint density at radius 2 is 1.90 bits per heavy atom. The molecule has 2 aromatic carbocycles. The van der Waals surface area contributed by atoms with Gasteiger partial charge in [-0.15, -0.1) is 0 Å². The Morgan fingerprint density at radius 3 is 2.67 bits per heavy atom. The molecule has 0 saturated carbocycles. The standard InChI is InChI=1S/C24H20N2O4/c1-29-22-14-19(30-16-17-6-3-2-4-7-17)9-10-20(22)24(28)23-21(11-12-25-23)26-13-5-8-18(26)15-27/h2-15,25H,16H2,1H3. The van der Waals surface area contributed by atoms with Crippen molar-refractivity contribution in [1.82, 2.24) is 9.55 Å². The third kappa shape index (κ3) is 3.75. The normalized spacial score (nSPS) is 10.6. The van der Waals surface area contributed by atoms with Crippen LogP contribution in [0.3, 0.4) is 0 Å². The summed E-state index contributed by atoms with van der Waals surface area (Å²) in [6.45, 7) is 0.417. The van der Waals surface area contributed by atoms with E-state index >= 15 is 0 Å². The van der Waals surface area contributed by atoms with Crippen molar-refractivity contribution in [3.05, 3.63) is 102 Å². The number of hydrogen-bond acceptors (Lipinski definition) is 4. The largest absolute Gasteiger partial charge is 0.496 e. The molecule has 0 aliphatic carbocycles. The summed E-state index contributed by atoms with van der Waals surface area (Å²) in [5.74, 6) is 0.772. The summed E-state index contributed by atoms with van der Waals surface area (Å²) in [4.78, 5) is 27.5. The van der Waals surface area contributed by atoms with Crippen molar-refractivity contribution in [3.8, 4) is 17.2 Å². The number of methoxy groups -OCH3 is 1. The number of nitrogens with zero attached hydrogens (tertiary/aromatic N) is 1. The van der Waals surface area contributed by atoms with Gasteiger partial charge in [0.05, 0.1) is 24.1 Å². The number of aromatic amines is 1. The summed E-state index contributed by atoms with van der Waals surface area (Å²) in [5.41, 5.74) is 2.86. The fourth-order valence-electron chi connectivity index (χ4n) is 3.28. The third-order valence-corrected chi connectivity index (χ3v) is 4.78. The Hall–Kier alpha value is -4.06. The zero-order valence-corrected chi connectivity index (χ0v) is 16.4. The smallest absolute Gasteiger partial charge is 0.215 e. The number of carbonyl (C=O) groups excluding carboxylic acids is 2. The molecule has 150 valence electrons. The molecular formula is C24H20N2O4. The first-order chi connectivity index (χ1) is 14.7. The van der Waals surface area contributed by atoms with Crippen molar-refractivity contribution in [3.63, 3.8) is 0 Å². The minimum atomic E-state index is -0.244. The Bertz CT molecular complexity index is 1170. The van der Waals surface area contributed by atoms with Crippen LogP contribution < -0.4 is 9.47 Å². The topological polar surface area (TPSA) is 73.3 Å². The van der Waals surface area contributed by atoms with E-state index in [1.165, 1.54) is 7.11 Å². The molecule has 2 heterocycles.